The lowest BCUT2D eigenvalue weighted by Gasteiger charge is -2.34. The summed E-state index contributed by atoms with van der Waals surface area (Å²) in [6, 6.07) is -2.48. The number of hydrogen-bond donors (Lipinski definition) is 4. The van der Waals surface area contributed by atoms with E-state index >= 15 is 0 Å². The first-order chi connectivity index (χ1) is 15.5. The summed E-state index contributed by atoms with van der Waals surface area (Å²) in [5.41, 5.74) is 2.46. The van der Waals surface area contributed by atoms with Crippen molar-refractivity contribution in [2.45, 2.75) is 81.1 Å². The lowest BCUT2D eigenvalue weighted by Crippen LogP contribution is -2.61. The average molecular weight is 550 g/mol. The van der Waals surface area contributed by atoms with Crippen molar-refractivity contribution in [3.8, 4) is 0 Å². The molecule has 1 heterocycles. The number of carbonyl (C=O) groups excluding carboxylic acids is 4. The summed E-state index contributed by atoms with van der Waals surface area (Å²) in [5, 5.41) is 16.0. The van der Waals surface area contributed by atoms with Crippen molar-refractivity contribution in [2.24, 2.45) is 0 Å². The number of likely N-dealkylation sites (N-methyl/N-ethyl adjacent to an activating group) is 1. The van der Waals surface area contributed by atoms with Crippen LogP contribution in [0.2, 0.25) is 0 Å². The second-order valence-corrected chi connectivity index (χ2v) is 11.1. The van der Waals surface area contributed by atoms with Gasteiger partial charge in [0.15, 0.2) is 0 Å². The number of hydrazine groups is 1. The molecule has 34 heavy (non-hydrogen) atoms. The molecule has 0 aromatic heterocycles. The molecule has 0 aromatic rings. The molecule has 1 saturated heterocycles. The van der Waals surface area contributed by atoms with Crippen molar-refractivity contribution in [3.63, 3.8) is 0 Å². The zero-order valence-corrected chi connectivity index (χ0v) is 22.5. The van der Waals surface area contributed by atoms with Gasteiger partial charge in [0, 0.05) is 6.54 Å². The van der Waals surface area contributed by atoms with Crippen molar-refractivity contribution in [1.82, 2.24) is 21.1 Å². The zero-order valence-electron chi connectivity index (χ0n) is 20.2. The summed E-state index contributed by atoms with van der Waals surface area (Å²) < 4.78 is 7.76. The third-order valence-electron chi connectivity index (χ3n) is 4.32. The van der Waals surface area contributed by atoms with Crippen LogP contribution in [-0.4, -0.2) is 88.2 Å². The molecule has 2 amide bonds. The third-order valence-corrected chi connectivity index (χ3v) is 4.65. The highest BCUT2D eigenvalue weighted by molar-refractivity contribution is 6.67. The van der Waals surface area contributed by atoms with Crippen LogP contribution in [0.4, 0.5) is 0 Å². The van der Waals surface area contributed by atoms with Gasteiger partial charge in [0.2, 0.25) is 9.70 Å². The van der Waals surface area contributed by atoms with Gasteiger partial charge in [-0.1, -0.05) is 34.8 Å². The molecule has 1 fully saturated rings. The second kappa shape index (κ2) is 14.9. The lowest BCUT2D eigenvalue weighted by molar-refractivity contribution is -0.153. The number of halogens is 3. The summed E-state index contributed by atoms with van der Waals surface area (Å²) in [6.07, 6.45) is 0.0785. The van der Waals surface area contributed by atoms with E-state index in [1.54, 1.807) is 0 Å². The largest absolute Gasteiger partial charge is 0.462 e. The molecule has 1 aliphatic rings. The van der Waals surface area contributed by atoms with E-state index in [0.29, 0.717) is 25.9 Å². The first-order valence-electron chi connectivity index (χ1n) is 10.6. The van der Waals surface area contributed by atoms with Crippen molar-refractivity contribution in [2.75, 3.05) is 20.2 Å². The standard InChI is InChI=1S/C15H25Cl3N4O5.C5H10O2/c1-8(20-12(24)11(19-3)9(2)23)13(25)22-6-4-5-10(21-22)14(26)27-7-15(16,17)18;1-5(2,3)7-4-6/h8-11,19,21,23H,4-7H2,1-3H3,(H,20,24);4H,1-3H3. The molecule has 11 nitrogen and oxygen atoms in total. The highest BCUT2D eigenvalue weighted by Crippen LogP contribution is 2.26. The fraction of sp³-hybridized carbons (Fsp3) is 0.800. The molecule has 4 unspecified atom stereocenters. The van der Waals surface area contributed by atoms with Crippen LogP contribution >= 0.6 is 34.8 Å². The first kappa shape index (κ1) is 32.6. The Balaban J connectivity index is 0.00000135. The van der Waals surface area contributed by atoms with E-state index in [1.807, 2.05) is 20.8 Å². The Bertz CT molecular complexity index is 684. The predicted molar refractivity (Wildman–Crippen MR) is 128 cm³/mol. The Morgan fingerprint density at radius 2 is 1.82 bits per heavy atom. The Morgan fingerprint density at radius 1 is 1.24 bits per heavy atom. The van der Waals surface area contributed by atoms with Crippen molar-refractivity contribution >= 4 is 59.1 Å². The topological polar surface area (TPSA) is 146 Å². The highest BCUT2D eigenvalue weighted by Gasteiger charge is 2.33. The number of alkyl halides is 3. The maximum Gasteiger partial charge on any atom is 0.325 e. The van der Waals surface area contributed by atoms with Gasteiger partial charge in [-0.3, -0.25) is 24.2 Å². The van der Waals surface area contributed by atoms with Gasteiger partial charge in [-0.2, -0.15) is 0 Å². The van der Waals surface area contributed by atoms with Gasteiger partial charge < -0.3 is 25.2 Å². The number of carbonyl (C=O) groups is 4. The summed E-state index contributed by atoms with van der Waals surface area (Å²) in [4.78, 5) is 46.3. The van der Waals surface area contributed by atoms with Crippen LogP contribution in [0.25, 0.3) is 0 Å². The molecule has 1 aliphatic heterocycles. The molecule has 0 bridgehead atoms. The van der Waals surface area contributed by atoms with Gasteiger partial charge in [-0.05, 0) is 54.5 Å². The molecule has 0 aliphatic carbocycles. The summed E-state index contributed by atoms with van der Waals surface area (Å²) in [5.74, 6) is -1.58. The van der Waals surface area contributed by atoms with Gasteiger partial charge in [0.05, 0.1) is 6.10 Å². The molecule has 1 rings (SSSR count). The third kappa shape index (κ3) is 13.5. The second-order valence-electron chi connectivity index (χ2n) is 8.60. The summed E-state index contributed by atoms with van der Waals surface area (Å²) >= 11 is 16.7. The van der Waals surface area contributed by atoms with Crippen molar-refractivity contribution < 1.29 is 33.8 Å². The Morgan fingerprint density at radius 3 is 2.24 bits per heavy atom. The number of nitrogens with zero attached hydrogens (tertiary/aromatic N) is 1. The normalized spacial score (nSPS) is 19.0. The minimum atomic E-state index is -1.72. The van der Waals surface area contributed by atoms with Crippen LogP contribution in [0.15, 0.2) is 0 Å². The van der Waals surface area contributed by atoms with E-state index in [4.69, 9.17) is 39.5 Å². The number of amides is 2. The molecule has 4 N–H and O–H groups in total. The minimum Gasteiger partial charge on any atom is -0.462 e. The molecule has 14 heteroatoms. The Kier molecular flexibility index (Phi) is 14.3. The van der Waals surface area contributed by atoms with Crippen LogP contribution in [0, 0.1) is 0 Å². The van der Waals surface area contributed by atoms with Crippen LogP contribution in [0.1, 0.15) is 47.5 Å². The maximum absolute atomic E-state index is 12.5. The smallest absolute Gasteiger partial charge is 0.325 e. The highest BCUT2D eigenvalue weighted by atomic mass is 35.6. The molecule has 4 atom stereocenters. The fourth-order valence-corrected chi connectivity index (χ4v) is 2.87. The van der Waals surface area contributed by atoms with Gasteiger partial charge in [0.1, 0.15) is 30.3 Å². The van der Waals surface area contributed by atoms with E-state index in [9.17, 15) is 24.3 Å². The molecule has 0 aromatic carbocycles. The van der Waals surface area contributed by atoms with E-state index in [2.05, 4.69) is 20.8 Å². The van der Waals surface area contributed by atoms with E-state index < -0.39 is 52.4 Å². The number of aliphatic hydroxyl groups excluding tert-OH is 1. The van der Waals surface area contributed by atoms with Gasteiger partial charge in [0.25, 0.3) is 12.4 Å². The number of esters is 1. The molecule has 0 saturated carbocycles. The van der Waals surface area contributed by atoms with Crippen molar-refractivity contribution in [3.05, 3.63) is 0 Å². The van der Waals surface area contributed by atoms with E-state index in [0.717, 1.165) is 0 Å². The monoisotopic (exact) mass is 548 g/mol. The van der Waals surface area contributed by atoms with Gasteiger partial charge >= 0.3 is 5.97 Å². The van der Waals surface area contributed by atoms with Crippen LogP contribution in [-0.2, 0) is 28.7 Å². The quantitative estimate of drug-likeness (QED) is 0.196. The lowest BCUT2D eigenvalue weighted by atomic mass is 10.1. The first-order valence-corrected chi connectivity index (χ1v) is 11.7. The predicted octanol–water partition coefficient (Wildman–Crippen LogP) is 0.827. The van der Waals surface area contributed by atoms with Gasteiger partial charge in [-0.25, -0.2) is 5.43 Å². The molecular formula is C20H35Cl3N4O7. The van der Waals surface area contributed by atoms with Gasteiger partial charge in [-0.15, -0.1) is 0 Å². The maximum atomic E-state index is 12.5. The SMILES string of the molecule is CC(C)(C)OC=O.CNC(C(=O)NC(C)C(=O)N1CCCC(C(=O)OCC(Cl)(Cl)Cl)N1)C(C)O. The van der Waals surface area contributed by atoms with E-state index in [-0.39, 0.29) is 5.60 Å². The molecule has 0 radical (unpaired) electrons. The van der Waals surface area contributed by atoms with Crippen LogP contribution < -0.4 is 16.1 Å². The average Bonchev–Trinajstić information content (AvgIpc) is 2.70. The number of rotatable bonds is 8. The number of ether oxygens (including phenoxy) is 2. The van der Waals surface area contributed by atoms with Crippen LogP contribution in [0.3, 0.4) is 0 Å². The summed E-state index contributed by atoms with van der Waals surface area (Å²) in [7, 11) is 1.53. The number of hydrogen-bond acceptors (Lipinski definition) is 9. The van der Waals surface area contributed by atoms with Crippen molar-refractivity contribution in [1.29, 1.82) is 0 Å². The molecule has 0 spiro atoms. The molecular weight excluding hydrogens is 515 g/mol. The number of nitrogens with one attached hydrogen (secondary N) is 3. The minimum absolute atomic E-state index is 0.318. The van der Waals surface area contributed by atoms with E-state index in [1.165, 1.54) is 25.9 Å². The number of aliphatic hydroxyl groups is 1. The Hall–Kier alpha value is -1.37. The zero-order chi connectivity index (χ0) is 26.7. The fourth-order valence-electron chi connectivity index (χ4n) is 2.70. The van der Waals surface area contributed by atoms with Crippen LogP contribution in [0.5, 0.6) is 0 Å². The summed E-state index contributed by atoms with van der Waals surface area (Å²) in [6.45, 7) is 8.86. The molecule has 198 valence electrons. The Labute approximate surface area is 215 Å².